The summed E-state index contributed by atoms with van der Waals surface area (Å²) in [6.07, 6.45) is 0. The number of alkyl halides is 1. The molecule has 3 nitrogen and oxygen atoms in total. The summed E-state index contributed by atoms with van der Waals surface area (Å²) in [6.45, 7) is 5.89. The van der Waals surface area contributed by atoms with Crippen LogP contribution in [0, 0.1) is 12.7 Å². The fourth-order valence-corrected chi connectivity index (χ4v) is 2.77. The van der Waals surface area contributed by atoms with Gasteiger partial charge in [0.15, 0.2) is 0 Å². The number of carbonyl (C=O) groups excluding carboxylic acids is 1. The quantitative estimate of drug-likeness (QED) is 0.795. The molecule has 19 heavy (non-hydrogen) atoms. The van der Waals surface area contributed by atoms with Gasteiger partial charge in [-0.3, -0.25) is 9.69 Å². The Balaban J connectivity index is 2.03. The lowest BCUT2D eigenvalue weighted by molar-refractivity contribution is 0.0640. The Morgan fingerprint density at radius 2 is 2.00 bits per heavy atom. The monoisotopic (exact) mass is 328 g/mol. The van der Waals surface area contributed by atoms with Crippen molar-refractivity contribution in [3.63, 3.8) is 0 Å². The predicted molar refractivity (Wildman–Crippen MR) is 77.3 cm³/mol. The number of amides is 1. The van der Waals surface area contributed by atoms with Crippen molar-refractivity contribution in [2.75, 3.05) is 38.1 Å². The molecule has 1 aliphatic rings. The van der Waals surface area contributed by atoms with E-state index in [1.165, 1.54) is 6.07 Å². The van der Waals surface area contributed by atoms with Gasteiger partial charge in [-0.2, -0.15) is 0 Å². The Hall–Kier alpha value is -0.940. The van der Waals surface area contributed by atoms with Gasteiger partial charge in [-0.25, -0.2) is 4.39 Å². The van der Waals surface area contributed by atoms with Crippen LogP contribution in [0.5, 0.6) is 0 Å². The molecule has 0 unspecified atom stereocenters. The van der Waals surface area contributed by atoms with Crippen LogP contribution in [0.4, 0.5) is 4.39 Å². The molecule has 1 heterocycles. The molecule has 1 amide bonds. The maximum absolute atomic E-state index is 13.7. The van der Waals surface area contributed by atoms with E-state index in [1.54, 1.807) is 17.0 Å². The van der Waals surface area contributed by atoms with E-state index in [4.69, 9.17) is 0 Å². The van der Waals surface area contributed by atoms with Crippen LogP contribution in [-0.2, 0) is 0 Å². The van der Waals surface area contributed by atoms with E-state index in [9.17, 15) is 9.18 Å². The summed E-state index contributed by atoms with van der Waals surface area (Å²) in [6, 6.07) is 4.67. The van der Waals surface area contributed by atoms with Gasteiger partial charge in [0.25, 0.3) is 5.91 Å². The van der Waals surface area contributed by atoms with Gasteiger partial charge in [-0.1, -0.05) is 27.6 Å². The second-order valence-electron chi connectivity index (χ2n) is 4.81. The first kappa shape index (κ1) is 14.5. The minimum Gasteiger partial charge on any atom is -0.336 e. The number of carbonyl (C=O) groups is 1. The van der Waals surface area contributed by atoms with Gasteiger partial charge >= 0.3 is 0 Å². The Bertz CT molecular complexity index is 459. The highest BCUT2D eigenvalue weighted by molar-refractivity contribution is 9.09. The van der Waals surface area contributed by atoms with Crippen LogP contribution < -0.4 is 0 Å². The predicted octanol–water partition coefficient (Wildman–Crippen LogP) is 2.29. The highest BCUT2D eigenvalue weighted by atomic mass is 79.9. The van der Waals surface area contributed by atoms with Crippen LogP contribution in [0.2, 0.25) is 0 Å². The first-order valence-corrected chi connectivity index (χ1v) is 7.57. The molecule has 104 valence electrons. The van der Waals surface area contributed by atoms with Crippen molar-refractivity contribution in [3.05, 3.63) is 35.1 Å². The molecule has 0 bridgehead atoms. The van der Waals surface area contributed by atoms with Crippen LogP contribution >= 0.6 is 15.9 Å². The standard InChI is InChI=1S/C14H18BrFN2O/c1-11-2-3-13(16)12(10-11)14(19)18-8-6-17(5-4-15)7-9-18/h2-3,10H,4-9H2,1H3. The second-order valence-corrected chi connectivity index (χ2v) is 5.60. The number of nitrogens with zero attached hydrogens (tertiary/aromatic N) is 2. The van der Waals surface area contributed by atoms with Crippen LogP contribution in [0.3, 0.4) is 0 Å². The summed E-state index contributed by atoms with van der Waals surface area (Å²) in [4.78, 5) is 16.3. The number of hydrogen-bond donors (Lipinski definition) is 0. The molecule has 0 aromatic heterocycles. The number of piperazine rings is 1. The summed E-state index contributed by atoms with van der Waals surface area (Å²) in [5.74, 6) is -0.627. The van der Waals surface area contributed by atoms with E-state index in [0.717, 1.165) is 30.5 Å². The number of rotatable bonds is 3. The third-order valence-electron chi connectivity index (χ3n) is 3.41. The second kappa shape index (κ2) is 6.48. The smallest absolute Gasteiger partial charge is 0.256 e. The minimum absolute atomic E-state index is 0.189. The number of hydrogen-bond acceptors (Lipinski definition) is 2. The van der Waals surface area contributed by atoms with Gasteiger partial charge < -0.3 is 4.90 Å². The average molecular weight is 329 g/mol. The summed E-state index contributed by atoms with van der Waals surface area (Å²) in [7, 11) is 0. The van der Waals surface area contributed by atoms with Crippen molar-refractivity contribution >= 4 is 21.8 Å². The molecule has 1 fully saturated rings. The Kier molecular flexibility index (Phi) is 4.93. The molecule has 5 heteroatoms. The van der Waals surface area contributed by atoms with Gasteiger partial charge in [-0.15, -0.1) is 0 Å². The number of benzene rings is 1. The van der Waals surface area contributed by atoms with Crippen molar-refractivity contribution in [2.24, 2.45) is 0 Å². The van der Waals surface area contributed by atoms with Gasteiger partial charge in [0.2, 0.25) is 0 Å². The summed E-state index contributed by atoms with van der Waals surface area (Å²) in [5.41, 5.74) is 1.09. The largest absolute Gasteiger partial charge is 0.336 e. The fraction of sp³-hybridized carbons (Fsp3) is 0.500. The van der Waals surface area contributed by atoms with Crippen LogP contribution in [-0.4, -0.2) is 53.8 Å². The van der Waals surface area contributed by atoms with E-state index < -0.39 is 5.82 Å². The van der Waals surface area contributed by atoms with E-state index in [0.29, 0.717) is 13.1 Å². The van der Waals surface area contributed by atoms with Gasteiger partial charge in [-0.05, 0) is 19.1 Å². The topological polar surface area (TPSA) is 23.6 Å². The van der Waals surface area contributed by atoms with Gasteiger partial charge in [0.1, 0.15) is 5.82 Å². The normalized spacial score (nSPS) is 16.7. The van der Waals surface area contributed by atoms with E-state index >= 15 is 0 Å². The van der Waals surface area contributed by atoms with Crippen molar-refractivity contribution in [2.45, 2.75) is 6.92 Å². The molecular formula is C14H18BrFN2O. The molecular weight excluding hydrogens is 311 g/mol. The molecule has 1 aromatic rings. The first-order valence-electron chi connectivity index (χ1n) is 6.45. The molecule has 1 aliphatic heterocycles. The van der Waals surface area contributed by atoms with Crippen molar-refractivity contribution in [3.8, 4) is 0 Å². The molecule has 1 aromatic carbocycles. The molecule has 2 rings (SSSR count). The molecule has 0 saturated carbocycles. The van der Waals surface area contributed by atoms with Crippen LogP contribution in [0.25, 0.3) is 0 Å². The maximum Gasteiger partial charge on any atom is 0.256 e. The third-order valence-corrected chi connectivity index (χ3v) is 3.77. The molecule has 0 N–H and O–H groups in total. The van der Waals surface area contributed by atoms with Crippen molar-refractivity contribution in [1.82, 2.24) is 9.80 Å². The molecule has 0 atom stereocenters. The van der Waals surface area contributed by atoms with Crippen LogP contribution in [0.1, 0.15) is 15.9 Å². The fourth-order valence-electron chi connectivity index (χ4n) is 2.27. The summed E-state index contributed by atoms with van der Waals surface area (Å²) >= 11 is 3.41. The number of halogens is 2. The van der Waals surface area contributed by atoms with Gasteiger partial charge in [0.05, 0.1) is 5.56 Å². The zero-order valence-electron chi connectivity index (χ0n) is 11.0. The maximum atomic E-state index is 13.7. The zero-order valence-corrected chi connectivity index (χ0v) is 12.6. The van der Waals surface area contributed by atoms with Crippen LogP contribution in [0.15, 0.2) is 18.2 Å². The zero-order chi connectivity index (χ0) is 13.8. The Morgan fingerprint density at radius 1 is 1.32 bits per heavy atom. The molecule has 1 saturated heterocycles. The SMILES string of the molecule is Cc1ccc(F)c(C(=O)N2CCN(CCBr)CC2)c1. The average Bonchev–Trinajstić information content (AvgIpc) is 2.42. The highest BCUT2D eigenvalue weighted by Crippen LogP contribution is 2.14. The lowest BCUT2D eigenvalue weighted by Crippen LogP contribution is -2.49. The number of aryl methyl sites for hydroxylation is 1. The Labute approximate surface area is 121 Å². The molecule has 0 radical (unpaired) electrons. The lowest BCUT2D eigenvalue weighted by Gasteiger charge is -2.34. The summed E-state index contributed by atoms with van der Waals surface area (Å²) < 4.78 is 13.7. The highest BCUT2D eigenvalue weighted by Gasteiger charge is 2.23. The van der Waals surface area contributed by atoms with Crippen molar-refractivity contribution in [1.29, 1.82) is 0 Å². The van der Waals surface area contributed by atoms with E-state index in [1.807, 2.05) is 6.92 Å². The van der Waals surface area contributed by atoms with E-state index in [-0.39, 0.29) is 11.5 Å². The molecule has 0 aliphatic carbocycles. The minimum atomic E-state index is -0.432. The molecule has 0 spiro atoms. The Morgan fingerprint density at radius 3 is 2.63 bits per heavy atom. The van der Waals surface area contributed by atoms with Gasteiger partial charge in [0, 0.05) is 38.1 Å². The van der Waals surface area contributed by atoms with E-state index in [2.05, 4.69) is 20.8 Å². The summed E-state index contributed by atoms with van der Waals surface area (Å²) in [5, 5.41) is 0.938. The third kappa shape index (κ3) is 3.54. The lowest BCUT2D eigenvalue weighted by atomic mass is 10.1. The first-order chi connectivity index (χ1) is 9.11. The van der Waals surface area contributed by atoms with Crippen molar-refractivity contribution < 1.29 is 9.18 Å².